The van der Waals surface area contributed by atoms with Crippen molar-refractivity contribution in [3.63, 3.8) is 0 Å². The SMILES string of the molecule is COc1ccccc1-c1ccc(C)c2cccc(NC(C)=O)c12. The average Bonchev–Trinajstić information content (AvgIpc) is 2.55. The highest BCUT2D eigenvalue weighted by Gasteiger charge is 2.13. The quantitative estimate of drug-likeness (QED) is 0.756. The van der Waals surface area contributed by atoms with Crippen molar-refractivity contribution in [2.75, 3.05) is 12.4 Å². The number of hydrogen-bond donors (Lipinski definition) is 1. The van der Waals surface area contributed by atoms with Crippen LogP contribution in [0.5, 0.6) is 5.75 Å². The molecule has 1 N–H and O–H groups in total. The van der Waals surface area contributed by atoms with Crippen molar-refractivity contribution in [1.29, 1.82) is 0 Å². The Morgan fingerprint density at radius 3 is 2.48 bits per heavy atom. The number of nitrogens with one attached hydrogen (secondary N) is 1. The molecule has 3 heteroatoms. The maximum Gasteiger partial charge on any atom is 0.221 e. The van der Waals surface area contributed by atoms with Crippen LogP contribution in [0, 0.1) is 6.92 Å². The van der Waals surface area contributed by atoms with Gasteiger partial charge in [0.25, 0.3) is 0 Å². The molecule has 0 atom stereocenters. The van der Waals surface area contributed by atoms with E-state index in [4.69, 9.17) is 4.74 Å². The minimum absolute atomic E-state index is 0.0787. The van der Waals surface area contributed by atoms with Crippen molar-refractivity contribution in [3.8, 4) is 16.9 Å². The zero-order chi connectivity index (χ0) is 16.4. The molecule has 0 saturated carbocycles. The first-order valence-electron chi connectivity index (χ1n) is 7.55. The van der Waals surface area contributed by atoms with Crippen LogP contribution in [0.25, 0.3) is 21.9 Å². The molecule has 0 spiro atoms. The lowest BCUT2D eigenvalue weighted by atomic mass is 9.93. The van der Waals surface area contributed by atoms with Crippen LogP contribution >= 0.6 is 0 Å². The van der Waals surface area contributed by atoms with Gasteiger partial charge in [0.15, 0.2) is 0 Å². The van der Waals surface area contributed by atoms with Gasteiger partial charge in [-0.3, -0.25) is 4.79 Å². The minimum atomic E-state index is -0.0787. The summed E-state index contributed by atoms with van der Waals surface area (Å²) in [6.45, 7) is 3.60. The van der Waals surface area contributed by atoms with Gasteiger partial charge in [-0.2, -0.15) is 0 Å². The van der Waals surface area contributed by atoms with E-state index in [9.17, 15) is 4.79 Å². The summed E-state index contributed by atoms with van der Waals surface area (Å²) in [6.07, 6.45) is 0. The molecule has 3 nitrogen and oxygen atoms in total. The molecule has 0 saturated heterocycles. The number of fused-ring (bicyclic) bond motifs is 1. The Hall–Kier alpha value is -2.81. The predicted molar refractivity (Wildman–Crippen MR) is 95.0 cm³/mol. The van der Waals surface area contributed by atoms with Crippen molar-refractivity contribution in [2.24, 2.45) is 0 Å². The first kappa shape index (κ1) is 15.1. The molecule has 0 bridgehead atoms. The normalized spacial score (nSPS) is 10.6. The molecule has 0 radical (unpaired) electrons. The molecule has 3 rings (SSSR count). The molecule has 1 amide bonds. The van der Waals surface area contributed by atoms with Crippen LogP contribution in [-0.2, 0) is 4.79 Å². The third-order valence-corrected chi connectivity index (χ3v) is 3.97. The van der Waals surface area contributed by atoms with Gasteiger partial charge in [-0.05, 0) is 35.6 Å². The Morgan fingerprint density at radius 1 is 0.957 bits per heavy atom. The van der Waals surface area contributed by atoms with Crippen LogP contribution < -0.4 is 10.1 Å². The highest BCUT2D eigenvalue weighted by atomic mass is 16.5. The second-order valence-electron chi connectivity index (χ2n) is 5.54. The monoisotopic (exact) mass is 305 g/mol. The molecular formula is C20H19NO2. The fourth-order valence-electron chi connectivity index (χ4n) is 2.94. The van der Waals surface area contributed by atoms with Crippen LogP contribution in [0.4, 0.5) is 5.69 Å². The molecule has 23 heavy (non-hydrogen) atoms. The number of carbonyl (C=O) groups excluding carboxylic acids is 1. The third-order valence-electron chi connectivity index (χ3n) is 3.97. The Morgan fingerprint density at radius 2 is 1.74 bits per heavy atom. The van der Waals surface area contributed by atoms with E-state index in [2.05, 4.69) is 30.4 Å². The van der Waals surface area contributed by atoms with Crippen molar-refractivity contribution >= 4 is 22.4 Å². The number of amides is 1. The van der Waals surface area contributed by atoms with E-state index < -0.39 is 0 Å². The summed E-state index contributed by atoms with van der Waals surface area (Å²) in [6, 6.07) is 18.1. The van der Waals surface area contributed by atoms with Gasteiger partial charge in [0.2, 0.25) is 5.91 Å². The van der Waals surface area contributed by atoms with E-state index in [-0.39, 0.29) is 5.91 Å². The zero-order valence-electron chi connectivity index (χ0n) is 13.5. The van der Waals surface area contributed by atoms with E-state index in [0.717, 1.165) is 33.3 Å². The van der Waals surface area contributed by atoms with Crippen LogP contribution in [-0.4, -0.2) is 13.0 Å². The zero-order valence-corrected chi connectivity index (χ0v) is 13.5. The van der Waals surface area contributed by atoms with Gasteiger partial charge in [-0.1, -0.05) is 42.5 Å². The standard InChI is InChI=1S/C20H19NO2/c1-13-11-12-17(16-7-4-5-10-19(16)23-3)20-15(13)8-6-9-18(20)21-14(2)22/h4-12H,1-3H3,(H,21,22). The smallest absolute Gasteiger partial charge is 0.221 e. The molecule has 0 aliphatic carbocycles. The van der Waals surface area contributed by atoms with Gasteiger partial charge in [-0.15, -0.1) is 0 Å². The molecule has 0 heterocycles. The van der Waals surface area contributed by atoms with E-state index >= 15 is 0 Å². The van der Waals surface area contributed by atoms with Gasteiger partial charge in [0.1, 0.15) is 5.75 Å². The first-order chi connectivity index (χ1) is 11.1. The van der Waals surface area contributed by atoms with Crippen molar-refractivity contribution in [1.82, 2.24) is 0 Å². The minimum Gasteiger partial charge on any atom is -0.496 e. The Labute approximate surface area is 135 Å². The average molecular weight is 305 g/mol. The molecule has 3 aromatic rings. The summed E-state index contributed by atoms with van der Waals surface area (Å²) in [5, 5.41) is 5.10. The molecule has 0 fully saturated rings. The van der Waals surface area contributed by atoms with Gasteiger partial charge in [0.05, 0.1) is 7.11 Å². The lowest BCUT2D eigenvalue weighted by Crippen LogP contribution is -2.06. The second kappa shape index (κ2) is 6.13. The van der Waals surface area contributed by atoms with Crippen molar-refractivity contribution in [3.05, 3.63) is 60.2 Å². The Balaban J connectivity index is 2.37. The summed E-state index contributed by atoms with van der Waals surface area (Å²) in [5.41, 5.74) is 4.05. The fourth-order valence-corrected chi connectivity index (χ4v) is 2.94. The maximum atomic E-state index is 11.6. The van der Waals surface area contributed by atoms with Crippen LogP contribution in [0.3, 0.4) is 0 Å². The van der Waals surface area contributed by atoms with E-state index in [1.165, 1.54) is 12.5 Å². The molecule has 0 unspecified atom stereocenters. The maximum absolute atomic E-state index is 11.6. The van der Waals surface area contributed by atoms with Gasteiger partial charge < -0.3 is 10.1 Å². The van der Waals surface area contributed by atoms with E-state index in [1.807, 2.05) is 36.4 Å². The summed E-state index contributed by atoms with van der Waals surface area (Å²) in [4.78, 5) is 11.6. The van der Waals surface area contributed by atoms with Gasteiger partial charge in [-0.25, -0.2) is 0 Å². The van der Waals surface area contributed by atoms with Gasteiger partial charge in [0, 0.05) is 23.6 Å². The largest absolute Gasteiger partial charge is 0.496 e. The summed E-state index contributed by atoms with van der Waals surface area (Å²) in [7, 11) is 1.67. The lowest BCUT2D eigenvalue weighted by Gasteiger charge is -2.16. The van der Waals surface area contributed by atoms with E-state index in [0.29, 0.717) is 0 Å². The summed E-state index contributed by atoms with van der Waals surface area (Å²) < 4.78 is 5.51. The first-order valence-corrected chi connectivity index (χ1v) is 7.55. The molecular weight excluding hydrogens is 286 g/mol. The number of anilines is 1. The van der Waals surface area contributed by atoms with Crippen LogP contribution in [0.15, 0.2) is 54.6 Å². The summed E-state index contributed by atoms with van der Waals surface area (Å²) >= 11 is 0. The number of hydrogen-bond acceptors (Lipinski definition) is 2. The third kappa shape index (κ3) is 2.78. The molecule has 0 aliphatic rings. The highest BCUT2D eigenvalue weighted by Crippen LogP contribution is 2.39. The van der Waals surface area contributed by atoms with Crippen molar-refractivity contribution in [2.45, 2.75) is 13.8 Å². The van der Waals surface area contributed by atoms with Crippen molar-refractivity contribution < 1.29 is 9.53 Å². The van der Waals surface area contributed by atoms with Crippen LogP contribution in [0.2, 0.25) is 0 Å². The second-order valence-corrected chi connectivity index (χ2v) is 5.54. The fraction of sp³-hybridized carbons (Fsp3) is 0.150. The number of ether oxygens (including phenoxy) is 1. The molecule has 116 valence electrons. The lowest BCUT2D eigenvalue weighted by molar-refractivity contribution is -0.114. The molecule has 3 aromatic carbocycles. The number of para-hydroxylation sites is 1. The topological polar surface area (TPSA) is 38.3 Å². The highest BCUT2D eigenvalue weighted by molar-refractivity contribution is 6.10. The number of benzene rings is 3. The Bertz CT molecular complexity index is 884. The Kier molecular flexibility index (Phi) is 4.02. The number of rotatable bonds is 3. The van der Waals surface area contributed by atoms with E-state index in [1.54, 1.807) is 7.11 Å². The van der Waals surface area contributed by atoms with Gasteiger partial charge >= 0.3 is 0 Å². The predicted octanol–water partition coefficient (Wildman–Crippen LogP) is 4.78. The summed E-state index contributed by atoms with van der Waals surface area (Å²) in [5.74, 6) is 0.736. The number of carbonyl (C=O) groups is 1. The number of aryl methyl sites for hydroxylation is 1. The van der Waals surface area contributed by atoms with Crippen LogP contribution in [0.1, 0.15) is 12.5 Å². The number of methoxy groups -OCH3 is 1. The molecule has 0 aliphatic heterocycles. The molecule has 0 aromatic heterocycles.